The average molecular weight is 525 g/mol. The van der Waals surface area contributed by atoms with Crippen LogP contribution in [0.15, 0.2) is 42.5 Å². The zero-order valence-electron chi connectivity index (χ0n) is 21.1. The lowest BCUT2D eigenvalue weighted by Crippen LogP contribution is -2.58. The maximum atomic E-state index is 13.6. The van der Waals surface area contributed by atoms with Gasteiger partial charge in [-0.25, -0.2) is 8.78 Å². The Hall–Kier alpha value is -2.52. The standard InChI is InChI=1S/C28H33F5N2O2/c1-18(2)27(26(36)34-16-19-3-8-25(30)24(15-19)28(31,32)33)12-9-23(17-37-27)35-13-10-21(11-14-35)20-4-6-22(29)7-5-20/h3-8,15,18,21,23H,9-14,16-17H2,1-2H3,(H,34,36)/t23-,27+/m1/s1. The van der Waals surface area contributed by atoms with Crippen LogP contribution in [0.4, 0.5) is 22.0 Å². The summed E-state index contributed by atoms with van der Waals surface area (Å²) in [6.45, 7) is 5.82. The van der Waals surface area contributed by atoms with Crippen LogP contribution in [0, 0.1) is 17.6 Å². The molecule has 2 aliphatic rings. The van der Waals surface area contributed by atoms with Crippen LogP contribution in [-0.4, -0.2) is 42.1 Å². The third kappa shape index (κ3) is 6.14. The predicted octanol–water partition coefficient (Wildman–Crippen LogP) is 6.05. The van der Waals surface area contributed by atoms with Crippen molar-refractivity contribution in [1.82, 2.24) is 10.2 Å². The molecule has 2 aromatic carbocycles. The minimum atomic E-state index is -4.81. The SMILES string of the molecule is CC(C)[C@]1(C(=O)NCc2ccc(F)c(C(F)(F)F)c2)CC[C@@H](N2CCC(c3ccc(F)cc3)CC2)CO1. The summed E-state index contributed by atoms with van der Waals surface area (Å²) in [6.07, 6.45) is -1.61. The second-order valence-electron chi connectivity index (χ2n) is 10.4. The molecule has 2 aromatic rings. The van der Waals surface area contributed by atoms with Gasteiger partial charge in [0.05, 0.1) is 12.2 Å². The molecule has 1 amide bonds. The van der Waals surface area contributed by atoms with E-state index in [4.69, 9.17) is 4.74 Å². The molecule has 0 spiro atoms. The highest BCUT2D eigenvalue weighted by molar-refractivity contribution is 5.85. The molecule has 0 saturated carbocycles. The number of likely N-dealkylation sites (tertiary alicyclic amines) is 1. The highest BCUT2D eigenvalue weighted by Gasteiger charge is 2.47. The first-order chi connectivity index (χ1) is 17.5. The Morgan fingerprint density at radius 2 is 1.76 bits per heavy atom. The second kappa shape index (κ2) is 11.1. The molecule has 37 heavy (non-hydrogen) atoms. The first-order valence-electron chi connectivity index (χ1n) is 12.8. The van der Waals surface area contributed by atoms with Gasteiger partial charge in [0.1, 0.15) is 17.2 Å². The van der Waals surface area contributed by atoms with Gasteiger partial charge in [-0.1, -0.05) is 32.0 Å². The number of hydrogen-bond acceptors (Lipinski definition) is 3. The summed E-state index contributed by atoms with van der Waals surface area (Å²) in [5.41, 5.74) is -1.10. The molecule has 4 rings (SSSR count). The van der Waals surface area contributed by atoms with Gasteiger partial charge in [-0.3, -0.25) is 9.69 Å². The van der Waals surface area contributed by atoms with Gasteiger partial charge in [-0.2, -0.15) is 13.2 Å². The molecule has 2 saturated heterocycles. The largest absolute Gasteiger partial charge is 0.419 e. The number of rotatable bonds is 6. The number of hydrogen-bond donors (Lipinski definition) is 1. The van der Waals surface area contributed by atoms with Crippen molar-refractivity contribution < 1.29 is 31.5 Å². The van der Waals surface area contributed by atoms with Crippen LogP contribution in [0.3, 0.4) is 0 Å². The van der Waals surface area contributed by atoms with Crippen LogP contribution in [0.25, 0.3) is 0 Å². The first kappa shape index (κ1) is 27.5. The van der Waals surface area contributed by atoms with Gasteiger partial charge in [0, 0.05) is 12.6 Å². The van der Waals surface area contributed by atoms with Crippen molar-refractivity contribution >= 4 is 5.91 Å². The number of nitrogens with zero attached hydrogens (tertiary/aromatic N) is 1. The lowest BCUT2D eigenvalue weighted by molar-refractivity contribution is -0.170. The van der Waals surface area contributed by atoms with Crippen LogP contribution in [0.5, 0.6) is 0 Å². The van der Waals surface area contributed by atoms with Gasteiger partial charge in [-0.15, -0.1) is 0 Å². The number of nitrogens with one attached hydrogen (secondary N) is 1. The fourth-order valence-electron chi connectivity index (χ4n) is 5.53. The number of alkyl halides is 3. The van der Waals surface area contributed by atoms with Crippen molar-refractivity contribution in [3.05, 3.63) is 70.8 Å². The van der Waals surface area contributed by atoms with Crippen LogP contribution >= 0.6 is 0 Å². The molecule has 2 atom stereocenters. The molecule has 2 fully saturated rings. The highest BCUT2D eigenvalue weighted by atomic mass is 19.4. The third-order valence-electron chi connectivity index (χ3n) is 7.88. The fourth-order valence-corrected chi connectivity index (χ4v) is 5.53. The van der Waals surface area contributed by atoms with Crippen LogP contribution in [0.1, 0.15) is 62.1 Å². The van der Waals surface area contributed by atoms with E-state index in [-0.39, 0.29) is 35.8 Å². The number of carbonyl (C=O) groups excluding carboxylic acids is 1. The molecule has 0 aromatic heterocycles. The van der Waals surface area contributed by atoms with Gasteiger partial charge < -0.3 is 10.1 Å². The van der Waals surface area contributed by atoms with Gasteiger partial charge >= 0.3 is 6.18 Å². The fraction of sp³-hybridized carbons (Fsp3) is 0.536. The smallest absolute Gasteiger partial charge is 0.363 e. The summed E-state index contributed by atoms with van der Waals surface area (Å²) in [5.74, 6) is -1.69. The molecular weight excluding hydrogens is 491 g/mol. The molecule has 2 aliphatic heterocycles. The van der Waals surface area contributed by atoms with Crippen molar-refractivity contribution in [1.29, 1.82) is 0 Å². The molecule has 0 radical (unpaired) electrons. The normalized spacial score (nSPS) is 23.8. The van der Waals surface area contributed by atoms with Gasteiger partial charge in [0.15, 0.2) is 0 Å². The summed E-state index contributed by atoms with van der Waals surface area (Å²) in [7, 11) is 0. The Balaban J connectivity index is 1.33. The van der Waals surface area contributed by atoms with Gasteiger partial charge in [0.2, 0.25) is 0 Å². The Bertz CT molecular complexity index is 1070. The molecule has 9 heteroatoms. The molecule has 202 valence electrons. The Morgan fingerprint density at radius 1 is 1.08 bits per heavy atom. The van der Waals surface area contributed by atoms with Gasteiger partial charge in [0.25, 0.3) is 5.91 Å². The molecule has 2 heterocycles. The zero-order chi connectivity index (χ0) is 26.8. The van der Waals surface area contributed by atoms with Crippen molar-refractivity contribution in [3.8, 4) is 0 Å². The lowest BCUT2D eigenvalue weighted by Gasteiger charge is -2.46. The molecule has 0 unspecified atom stereocenters. The van der Waals surface area contributed by atoms with E-state index in [9.17, 15) is 26.7 Å². The van der Waals surface area contributed by atoms with E-state index < -0.39 is 23.2 Å². The topological polar surface area (TPSA) is 41.6 Å². The van der Waals surface area contributed by atoms with E-state index >= 15 is 0 Å². The molecule has 0 bridgehead atoms. The van der Waals surface area contributed by atoms with Crippen LogP contribution < -0.4 is 5.32 Å². The number of benzene rings is 2. The minimum Gasteiger partial charge on any atom is -0.363 e. The second-order valence-corrected chi connectivity index (χ2v) is 10.4. The summed E-state index contributed by atoms with van der Waals surface area (Å²) < 4.78 is 72.2. The molecule has 4 nitrogen and oxygen atoms in total. The van der Waals surface area contributed by atoms with Crippen molar-refractivity contribution in [2.75, 3.05) is 19.7 Å². The Kier molecular flexibility index (Phi) is 8.23. The maximum Gasteiger partial charge on any atom is 0.419 e. The molecule has 1 N–H and O–H groups in total. The van der Waals surface area contributed by atoms with Crippen molar-refractivity contribution in [2.45, 2.75) is 69.8 Å². The van der Waals surface area contributed by atoms with Crippen molar-refractivity contribution in [2.24, 2.45) is 5.92 Å². The van der Waals surface area contributed by atoms with E-state index in [2.05, 4.69) is 10.2 Å². The number of halogens is 5. The number of piperidine rings is 1. The van der Waals surface area contributed by atoms with E-state index in [1.165, 1.54) is 18.2 Å². The van der Waals surface area contributed by atoms with Crippen molar-refractivity contribution in [3.63, 3.8) is 0 Å². The summed E-state index contributed by atoms with van der Waals surface area (Å²) in [6, 6.07) is 9.61. The number of ether oxygens (including phenoxy) is 1. The zero-order valence-corrected chi connectivity index (χ0v) is 21.1. The summed E-state index contributed by atoms with van der Waals surface area (Å²) in [4.78, 5) is 15.6. The van der Waals surface area contributed by atoms with E-state index in [1.54, 1.807) is 0 Å². The predicted molar refractivity (Wildman–Crippen MR) is 130 cm³/mol. The monoisotopic (exact) mass is 524 g/mol. The molecular formula is C28H33F5N2O2. The highest BCUT2D eigenvalue weighted by Crippen LogP contribution is 2.37. The van der Waals surface area contributed by atoms with Gasteiger partial charge in [-0.05, 0) is 86.0 Å². The number of carbonyl (C=O) groups is 1. The van der Waals surface area contributed by atoms with Crippen LogP contribution in [0.2, 0.25) is 0 Å². The lowest BCUT2D eigenvalue weighted by atomic mass is 9.80. The minimum absolute atomic E-state index is 0.142. The first-order valence-corrected chi connectivity index (χ1v) is 12.8. The Labute approximate surface area is 214 Å². The third-order valence-corrected chi connectivity index (χ3v) is 7.88. The van der Waals surface area contributed by atoms with Crippen LogP contribution in [-0.2, 0) is 22.3 Å². The average Bonchev–Trinajstić information content (AvgIpc) is 2.88. The maximum absolute atomic E-state index is 13.6. The van der Waals surface area contributed by atoms with E-state index in [0.29, 0.717) is 18.9 Å². The molecule has 0 aliphatic carbocycles. The summed E-state index contributed by atoms with van der Waals surface area (Å²) >= 11 is 0. The number of amides is 1. The summed E-state index contributed by atoms with van der Waals surface area (Å²) in [5, 5.41) is 2.72. The quantitative estimate of drug-likeness (QED) is 0.468. The van der Waals surface area contributed by atoms with E-state index in [1.807, 2.05) is 26.0 Å². The Morgan fingerprint density at radius 3 is 2.32 bits per heavy atom. The van der Waals surface area contributed by atoms with E-state index in [0.717, 1.165) is 50.0 Å².